The molecule has 0 bridgehead atoms. The first-order chi connectivity index (χ1) is 11.1. The van der Waals surface area contributed by atoms with E-state index >= 15 is 0 Å². The average molecular weight is 338 g/mol. The number of nitrogens with one attached hydrogen (secondary N) is 1. The van der Waals surface area contributed by atoms with Crippen molar-refractivity contribution in [1.82, 2.24) is 9.88 Å². The highest BCUT2D eigenvalue weighted by molar-refractivity contribution is 6.29. The highest BCUT2D eigenvalue weighted by atomic mass is 35.5. The van der Waals surface area contributed by atoms with Crippen molar-refractivity contribution in [2.75, 3.05) is 19.0 Å². The number of carbonyl (C=O) groups excluding carboxylic acids is 1. The molecule has 3 rings (SSSR count). The van der Waals surface area contributed by atoms with Gasteiger partial charge in [-0.05, 0) is 38.3 Å². The van der Waals surface area contributed by atoms with Gasteiger partial charge in [-0.2, -0.15) is 0 Å². The molecular formula is C17H24ClN3O2. The smallest absolute Gasteiger partial charge is 0.321 e. The molecule has 2 amide bonds. The lowest BCUT2D eigenvalue weighted by molar-refractivity contribution is -0.150. The fourth-order valence-corrected chi connectivity index (χ4v) is 4.31. The molecule has 1 aromatic rings. The predicted molar refractivity (Wildman–Crippen MR) is 90.7 cm³/mol. The molecule has 2 aliphatic carbocycles. The number of amides is 2. The fraction of sp³-hybridized carbons (Fsp3) is 0.647. The van der Waals surface area contributed by atoms with Gasteiger partial charge in [0.15, 0.2) is 0 Å². The van der Waals surface area contributed by atoms with Gasteiger partial charge in [0.2, 0.25) is 0 Å². The zero-order chi connectivity index (χ0) is 16.4. The van der Waals surface area contributed by atoms with Crippen molar-refractivity contribution in [1.29, 1.82) is 0 Å². The van der Waals surface area contributed by atoms with Crippen LogP contribution in [-0.4, -0.2) is 41.7 Å². The van der Waals surface area contributed by atoms with Gasteiger partial charge >= 0.3 is 6.03 Å². The molecule has 2 unspecified atom stereocenters. The first-order valence-electron chi connectivity index (χ1n) is 8.34. The van der Waals surface area contributed by atoms with Crippen LogP contribution in [0.3, 0.4) is 0 Å². The van der Waals surface area contributed by atoms with E-state index in [2.05, 4.69) is 10.3 Å². The lowest BCUT2D eigenvalue weighted by atomic mass is 9.60. The van der Waals surface area contributed by atoms with E-state index < -0.39 is 0 Å². The molecule has 0 aromatic carbocycles. The van der Waals surface area contributed by atoms with E-state index in [1.165, 1.54) is 12.8 Å². The van der Waals surface area contributed by atoms with Crippen LogP contribution in [0, 0.1) is 5.41 Å². The zero-order valence-corrected chi connectivity index (χ0v) is 14.5. The summed E-state index contributed by atoms with van der Waals surface area (Å²) in [7, 11) is 1.88. The molecular weight excluding hydrogens is 314 g/mol. The van der Waals surface area contributed by atoms with E-state index in [9.17, 15) is 4.79 Å². The molecule has 2 aliphatic rings. The van der Waals surface area contributed by atoms with Crippen molar-refractivity contribution in [2.24, 2.45) is 5.41 Å². The molecule has 2 saturated carbocycles. The van der Waals surface area contributed by atoms with Crippen LogP contribution in [0.15, 0.2) is 18.3 Å². The number of halogens is 1. The van der Waals surface area contributed by atoms with E-state index in [0.29, 0.717) is 16.9 Å². The number of hydrogen-bond donors (Lipinski definition) is 1. The Morgan fingerprint density at radius 3 is 2.83 bits per heavy atom. The minimum absolute atomic E-state index is 0.0969. The summed E-state index contributed by atoms with van der Waals surface area (Å²) < 4.78 is 5.92. The molecule has 2 fully saturated rings. The summed E-state index contributed by atoms with van der Waals surface area (Å²) in [5, 5.41) is 3.31. The Labute approximate surface area is 142 Å². The van der Waals surface area contributed by atoms with E-state index in [4.69, 9.17) is 16.3 Å². The van der Waals surface area contributed by atoms with Gasteiger partial charge in [-0.3, -0.25) is 0 Å². The largest absolute Gasteiger partial charge is 0.378 e. The second kappa shape index (κ2) is 6.65. The summed E-state index contributed by atoms with van der Waals surface area (Å²) in [4.78, 5) is 18.4. The van der Waals surface area contributed by atoms with Crippen LogP contribution < -0.4 is 5.32 Å². The van der Waals surface area contributed by atoms with Gasteiger partial charge in [-0.25, -0.2) is 9.78 Å². The van der Waals surface area contributed by atoms with E-state index in [0.717, 1.165) is 25.9 Å². The Hall–Kier alpha value is -1.33. The number of urea groups is 1. The second-order valence-electron chi connectivity index (χ2n) is 6.55. The van der Waals surface area contributed by atoms with Crippen molar-refractivity contribution in [3.8, 4) is 0 Å². The first kappa shape index (κ1) is 16.5. The standard InChI is InChI=1S/C17H24ClN3O2/c1-3-23-14-10-13(17(14)8-4-5-9-17)21(2)16(22)20-12-6-7-15(18)19-11-12/h6-7,11,13-14H,3-5,8-10H2,1-2H3,(H,20,22). The number of hydrogen-bond acceptors (Lipinski definition) is 3. The summed E-state index contributed by atoms with van der Waals surface area (Å²) in [6.07, 6.45) is 7.57. The SMILES string of the molecule is CCOC1CC(N(C)C(=O)Nc2ccc(Cl)nc2)C12CCCC2. The highest BCUT2D eigenvalue weighted by Crippen LogP contribution is 2.56. The van der Waals surface area contributed by atoms with Crippen molar-refractivity contribution < 1.29 is 9.53 Å². The molecule has 0 radical (unpaired) electrons. The molecule has 1 heterocycles. The molecule has 0 saturated heterocycles. The van der Waals surface area contributed by atoms with Crippen LogP contribution in [-0.2, 0) is 4.74 Å². The number of anilines is 1. The molecule has 5 nitrogen and oxygen atoms in total. The quantitative estimate of drug-likeness (QED) is 0.847. The fourth-order valence-electron chi connectivity index (χ4n) is 4.20. The molecule has 23 heavy (non-hydrogen) atoms. The molecule has 2 atom stereocenters. The van der Waals surface area contributed by atoms with Crippen LogP contribution in [0.25, 0.3) is 0 Å². The van der Waals surface area contributed by atoms with Crippen LogP contribution >= 0.6 is 11.6 Å². The molecule has 1 aromatic heterocycles. The molecule has 1 N–H and O–H groups in total. The van der Waals surface area contributed by atoms with Crippen LogP contribution in [0.2, 0.25) is 5.15 Å². The van der Waals surface area contributed by atoms with E-state index in [1.54, 1.807) is 18.3 Å². The van der Waals surface area contributed by atoms with Crippen molar-refractivity contribution in [3.63, 3.8) is 0 Å². The lowest BCUT2D eigenvalue weighted by Gasteiger charge is -2.56. The number of ether oxygens (including phenoxy) is 1. The van der Waals surface area contributed by atoms with Crippen LogP contribution in [0.1, 0.15) is 39.0 Å². The van der Waals surface area contributed by atoms with Crippen LogP contribution in [0.5, 0.6) is 0 Å². The molecule has 0 aliphatic heterocycles. The Bertz CT molecular complexity index is 557. The van der Waals surface area contributed by atoms with Gasteiger partial charge in [0, 0.05) is 25.1 Å². The third-order valence-electron chi connectivity index (χ3n) is 5.41. The highest BCUT2D eigenvalue weighted by Gasteiger charge is 2.58. The molecule has 1 spiro atoms. The summed E-state index contributed by atoms with van der Waals surface area (Å²) in [6, 6.07) is 3.59. The number of aromatic nitrogens is 1. The summed E-state index contributed by atoms with van der Waals surface area (Å²) in [6.45, 7) is 2.78. The minimum atomic E-state index is -0.0969. The Morgan fingerprint density at radius 1 is 1.48 bits per heavy atom. The number of nitrogens with zero attached hydrogens (tertiary/aromatic N) is 2. The number of rotatable bonds is 4. The topological polar surface area (TPSA) is 54.5 Å². The van der Waals surface area contributed by atoms with Gasteiger partial charge in [0.25, 0.3) is 0 Å². The molecule has 6 heteroatoms. The summed E-state index contributed by atoms with van der Waals surface area (Å²) in [5.74, 6) is 0. The minimum Gasteiger partial charge on any atom is -0.378 e. The van der Waals surface area contributed by atoms with E-state index in [-0.39, 0.29) is 17.5 Å². The average Bonchev–Trinajstić information content (AvgIpc) is 3.05. The van der Waals surface area contributed by atoms with Gasteiger partial charge in [0.05, 0.1) is 18.0 Å². The summed E-state index contributed by atoms with van der Waals surface area (Å²) >= 11 is 5.77. The predicted octanol–water partition coefficient (Wildman–Crippen LogP) is 3.94. The second-order valence-corrected chi connectivity index (χ2v) is 6.93. The first-order valence-corrected chi connectivity index (χ1v) is 8.71. The lowest BCUT2D eigenvalue weighted by Crippen LogP contribution is -2.64. The van der Waals surface area contributed by atoms with Gasteiger partial charge in [0.1, 0.15) is 5.15 Å². The zero-order valence-electron chi connectivity index (χ0n) is 13.7. The monoisotopic (exact) mass is 337 g/mol. The Balaban J connectivity index is 1.66. The maximum Gasteiger partial charge on any atom is 0.321 e. The van der Waals surface area contributed by atoms with Gasteiger partial charge < -0.3 is 15.0 Å². The third-order valence-corrected chi connectivity index (χ3v) is 5.63. The maximum atomic E-state index is 12.5. The Kier molecular flexibility index (Phi) is 4.78. The van der Waals surface area contributed by atoms with Gasteiger partial charge in [-0.15, -0.1) is 0 Å². The van der Waals surface area contributed by atoms with Gasteiger partial charge in [-0.1, -0.05) is 24.4 Å². The van der Waals surface area contributed by atoms with Crippen molar-refractivity contribution in [3.05, 3.63) is 23.5 Å². The number of carbonyl (C=O) groups is 1. The number of pyridine rings is 1. The van der Waals surface area contributed by atoms with Crippen LogP contribution in [0.4, 0.5) is 10.5 Å². The Morgan fingerprint density at radius 2 is 2.22 bits per heavy atom. The molecule has 126 valence electrons. The van der Waals surface area contributed by atoms with E-state index in [1.807, 2.05) is 18.9 Å². The van der Waals surface area contributed by atoms with Crippen molar-refractivity contribution >= 4 is 23.3 Å². The summed E-state index contributed by atoms with van der Waals surface area (Å²) in [5.41, 5.74) is 0.813. The third kappa shape index (κ3) is 3.04. The van der Waals surface area contributed by atoms with Crippen molar-refractivity contribution in [2.45, 2.75) is 51.2 Å². The maximum absolute atomic E-state index is 12.5. The normalized spacial score (nSPS) is 25.2.